The summed E-state index contributed by atoms with van der Waals surface area (Å²) in [5.74, 6) is 0.475. The normalized spacial score (nSPS) is 18.0. The van der Waals surface area contributed by atoms with Crippen molar-refractivity contribution in [3.05, 3.63) is 24.2 Å². The smallest absolute Gasteiger partial charge is 0.178 e. The number of rotatable bonds is 1. The molecule has 5 nitrogen and oxygen atoms in total. The Morgan fingerprint density at radius 3 is 2.94 bits per heavy atom. The van der Waals surface area contributed by atoms with Crippen molar-refractivity contribution in [3.8, 4) is 0 Å². The molecule has 0 spiro atoms. The molecule has 0 amide bonds. The van der Waals surface area contributed by atoms with E-state index in [-0.39, 0.29) is 0 Å². The van der Waals surface area contributed by atoms with Crippen molar-refractivity contribution in [2.75, 3.05) is 18.8 Å². The van der Waals surface area contributed by atoms with Gasteiger partial charge in [-0.05, 0) is 32.0 Å². The zero-order chi connectivity index (χ0) is 11.0. The van der Waals surface area contributed by atoms with Crippen molar-refractivity contribution in [2.45, 2.75) is 18.8 Å². The third-order valence-corrected chi connectivity index (χ3v) is 3.19. The first-order valence-electron chi connectivity index (χ1n) is 5.65. The van der Waals surface area contributed by atoms with Gasteiger partial charge in [0, 0.05) is 18.3 Å². The first-order chi connectivity index (χ1) is 7.86. The summed E-state index contributed by atoms with van der Waals surface area (Å²) >= 11 is 0. The van der Waals surface area contributed by atoms with Crippen LogP contribution in [0.2, 0.25) is 0 Å². The van der Waals surface area contributed by atoms with Gasteiger partial charge >= 0.3 is 0 Å². The predicted octanol–water partition coefficient (Wildman–Crippen LogP) is 0.778. The standard InChI is InChI=1S/C11H15N5/c12-9-10(8-2-5-13-6-3-8)15-16-7-1-4-14-11(9)16/h1,4,7-8,13H,2-3,5-6,12H2. The first kappa shape index (κ1) is 9.59. The van der Waals surface area contributed by atoms with E-state index in [4.69, 9.17) is 5.73 Å². The van der Waals surface area contributed by atoms with Crippen molar-refractivity contribution >= 4 is 11.3 Å². The van der Waals surface area contributed by atoms with Crippen molar-refractivity contribution in [1.82, 2.24) is 19.9 Å². The fourth-order valence-electron chi connectivity index (χ4n) is 2.32. The van der Waals surface area contributed by atoms with Crippen LogP contribution in [-0.2, 0) is 0 Å². The summed E-state index contributed by atoms with van der Waals surface area (Å²) in [6.45, 7) is 2.09. The van der Waals surface area contributed by atoms with E-state index in [1.807, 2.05) is 12.3 Å². The monoisotopic (exact) mass is 217 g/mol. The number of piperidine rings is 1. The summed E-state index contributed by atoms with van der Waals surface area (Å²) in [6, 6.07) is 1.87. The molecule has 0 unspecified atom stereocenters. The van der Waals surface area contributed by atoms with Crippen LogP contribution >= 0.6 is 0 Å². The summed E-state index contributed by atoms with van der Waals surface area (Å²) in [4.78, 5) is 4.26. The second-order valence-corrected chi connectivity index (χ2v) is 4.21. The third kappa shape index (κ3) is 1.44. The maximum atomic E-state index is 6.10. The highest BCUT2D eigenvalue weighted by Crippen LogP contribution is 2.30. The minimum atomic E-state index is 0.475. The van der Waals surface area contributed by atoms with Gasteiger partial charge in [-0.3, -0.25) is 0 Å². The van der Waals surface area contributed by atoms with Gasteiger partial charge in [0.1, 0.15) is 5.69 Å². The van der Waals surface area contributed by atoms with Crippen LogP contribution in [-0.4, -0.2) is 27.7 Å². The fraction of sp³-hybridized carbons (Fsp3) is 0.455. The van der Waals surface area contributed by atoms with Crippen LogP contribution in [0, 0.1) is 0 Å². The number of hydrogen-bond acceptors (Lipinski definition) is 4. The molecule has 1 aliphatic rings. The van der Waals surface area contributed by atoms with E-state index >= 15 is 0 Å². The lowest BCUT2D eigenvalue weighted by atomic mass is 9.94. The van der Waals surface area contributed by atoms with Gasteiger partial charge in [0.2, 0.25) is 0 Å². The number of nitrogens with two attached hydrogens (primary N) is 1. The quantitative estimate of drug-likeness (QED) is 0.740. The van der Waals surface area contributed by atoms with Crippen LogP contribution in [0.1, 0.15) is 24.5 Å². The number of fused-ring (bicyclic) bond motifs is 1. The molecule has 16 heavy (non-hydrogen) atoms. The van der Waals surface area contributed by atoms with Crippen molar-refractivity contribution < 1.29 is 0 Å². The Morgan fingerprint density at radius 1 is 1.38 bits per heavy atom. The lowest BCUT2D eigenvalue weighted by Crippen LogP contribution is -2.27. The highest BCUT2D eigenvalue weighted by atomic mass is 15.3. The zero-order valence-electron chi connectivity index (χ0n) is 9.06. The molecule has 84 valence electrons. The average molecular weight is 217 g/mol. The minimum Gasteiger partial charge on any atom is -0.394 e. The molecule has 2 aromatic rings. The summed E-state index contributed by atoms with van der Waals surface area (Å²) in [5, 5.41) is 7.88. The Bertz CT molecular complexity index is 498. The lowest BCUT2D eigenvalue weighted by molar-refractivity contribution is 0.452. The molecular formula is C11H15N5. The Morgan fingerprint density at radius 2 is 2.19 bits per heavy atom. The van der Waals surface area contributed by atoms with Crippen molar-refractivity contribution in [3.63, 3.8) is 0 Å². The SMILES string of the molecule is Nc1c(C2CCNCC2)nn2cccnc12. The molecule has 0 atom stereocenters. The summed E-state index contributed by atoms with van der Waals surface area (Å²) in [7, 11) is 0. The Labute approximate surface area is 93.7 Å². The molecule has 3 heterocycles. The van der Waals surface area contributed by atoms with E-state index in [9.17, 15) is 0 Å². The van der Waals surface area contributed by atoms with Crippen LogP contribution in [0.4, 0.5) is 5.69 Å². The largest absolute Gasteiger partial charge is 0.394 e. The van der Waals surface area contributed by atoms with Gasteiger partial charge in [-0.2, -0.15) is 5.10 Å². The van der Waals surface area contributed by atoms with E-state index in [1.54, 1.807) is 10.7 Å². The number of nitrogen functional groups attached to an aromatic ring is 1. The molecule has 3 rings (SSSR count). The van der Waals surface area contributed by atoms with Crippen LogP contribution in [0.25, 0.3) is 5.65 Å². The lowest BCUT2D eigenvalue weighted by Gasteiger charge is -2.20. The van der Waals surface area contributed by atoms with E-state index in [0.717, 1.165) is 43.0 Å². The van der Waals surface area contributed by atoms with E-state index < -0.39 is 0 Å². The van der Waals surface area contributed by atoms with E-state index in [0.29, 0.717) is 5.92 Å². The van der Waals surface area contributed by atoms with Gasteiger partial charge in [-0.15, -0.1) is 0 Å². The third-order valence-electron chi connectivity index (χ3n) is 3.19. The van der Waals surface area contributed by atoms with Gasteiger partial charge in [-0.1, -0.05) is 0 Å². The molecule has 0 bridgehead atoms. The summed E-state index contributed by atoms with van der Waals surface area (Å²) in [5.41, 5.74) is 8.63. The van der Waals surface area contributed by atoms with Crippen LogP contribution < -0.4 is 11.1 Å². The van der Waals surface area contributed by atoms with Gasteiger partial charge in [0.15, 0.2) is 5.65 Å². The van der Waals surface area contributed by atoms with Crippen LogP contribution in [0.5, 0.6) is 0 Å². The Hall–Kier alpha value is -1.62. The summed E-state index contributed by atoms with van der Waals surface area (Å²) < 4.78 is 1.77. The molecule has 1 fully saturated rings. The molecule has 1 saturated heterocycles. The second-order valence-electron chi connectivity index (χ2n) is 4.21. The van der Waals surface area contributed by atoms with Gasteiger partial charge in [-0.25, -0.2) is 9.50 Å². The highest BCUT2D eigenvalue weighted by molar-refractivity contribution is 5.67. The van der Waals surface area contributed by atoms with Gasteiger partial charge in [0.05, 0.1) is 5.69 Å². The van der Waals surface area contributed by atoms with Crippen LogP contribution in [0.3, 0.4) is 0 Å². The molecule has 5 heteroatoms. The Kier molecular flexibility index (Phi) is 2.25. The van der Waals surface area contributed by atoms with Gasteiger partial charge in [0.25, 0.3) is 0 Å². The molecule has 0 radical (unpaired) electrons. The van der Waals surface area contributed by atoms with E-state index in [2.05, 4.69) is 15.4 Å². The number of anilines is 1. The Balaban J connectivity index is 2.05. The molecule has 0 saturated carbocycles. The minimum absolute atomic E-state index is 0.475. The highest BCUT2D eigenvalue weighted by Gasteiger charge is 2.22. The average Bonchev–Trinajstić information content (AvgIpc) is 2.69. The predicted molar refractivity (Wildman–Crippen MR) is 62.2 cm³/mol. The number of nitrogens with zero attached hydrogens (tertiary/aromatic N) is 3. The maximum Gasteiger partial charge on any atom is 0.178 e. The zero-order valence-corrected chi connectivity index (χ0v) is 9.06. The molecule has 2 aromatic heterocycles. The van der Waals surface area contributed by atoms with E-state index in [1.165, 1.54) is 0 Å². The van der Waals surface area contributed by atoms with Crippen molar-refractivity contribution in [2.24, 2.45) is 0 Å². The van der Waals surface area contributed by atoms with Crippen LogP contribution in [0.15, 0.2) is 18.5 Å². The molecule has 1 aliphatic heterocycles. The number of nitrogens with one attached hydrogen (secondary N) is 1. The number of hydrogen-bond donors (Lipinski definition) is 2. The maximum absolute atomic E-state index is 6.10. The fourth-order valence-corrected chi connectivity index (χ4v) is 2.32. The molecule has 3 N–H and O–H groups in total. The molecule has 0 aliphatic carbocycles. The first-order valence-corrected chi connectivity index (χ1v) is 5.65. The van der Waals surface area contributed by atoms with Crippen molar-refractivity contribution in [1.29, 1.82) is 0 Å². The number of aromatic nitrogens is 3. The molecule has 0 aromatic carbocycles. The summed E-state index contributed by atoms with van der Waals surface area (Å²) in [6.07, 6.45) is 5.85. The van der Waals surface area contributed by atoms with Gasteiger partial charge < -0.3 is 11.1 Å². The molecular weight excluding hydrogens is 202 g/mol. The topological polar surface area (TPSA) is 68.2 Å². The second kappa shape index (κ2) is 3.75.